The second kappa shape index (κ2) is 3.19. The third-order valence-corrected chi connectivity index (χ3v) is 4.24. The van der Waals surface area contributed by atoms with Crippen molar-refractivity contribution in [3.8, 4) is 0 Å². The fourth-order valence-electron chi connectivity index (χ4n) is 3.39. The second-order valence-electron chi connectivity index (χ2n) is 5.30. The maximum Gasteiger partial charge on any atom is 0.0659 e. The molecule has 3 saturated heterocycles. The largest absolute Gasteiger partial charge is 0.379 e. The smallest absolute Gasteiger partial charge is 0.0659 e. The maximum absolute atomic E-state index is 6.32. The van der Waals surface area contributed by atoms with E-state index >= 15 is 0 Å². The average Bonchev–Trinajstić information content (AvgIpc) is 2.85. The van der Waals surface area contributed by atoms with Crippen molar-refractivity contribution < 1.29 is 4.74 Å². The van der Waals surface area contributed by atoms with E-state index in [0.717, 1.165) is 38.3 Å². The van der Waals surface area contributed by atoms with Crippen molar-refractivity contribution in [2.24, 2.45) is 5.73 Å². The summed E-state index contributed by atoms with van der Waals surface area (Å²) >= 11 is 0. The SMILES string of the molecule is NC1(CN2C3CCC2CC3)CCOC1. The molecule has 3 aliphatic heterocycles. The van der Waals surface area contributed by atoms with Crippen LogP contribution in [0.5, 0.6) is 0 Å². The first-order valence-electron chi connectivity index (χ1n) is 5.89. The Labute approximate surface area is 85.6 Å². The number of hydrogen-bond acceptors (Lipinski definition) is 3. The predicted molar refractivity (Wildman–Crippen MR) is 55.1 cm³/mol. The lowest BCUT2D eigenvalue weighted by molar-refractivity contribution is 0.145. The topological polar surface area (TPSA) is 38.5 Å². The van der Waals surface area contributed by atoms with Gasteiger partial charge in [-0.25, -0.2) is 0 Å². The van der Waals surface area contributed by atoms with Crippen LogP contribution in [-0.2, 0) is 4.74 Å². The van der Waals surface area contributed by atoms with E-state index in [4.69, 9.17) is 10.5 Å². The first-order valence-corrected chi connectivity index (χ1v) is 5.89. The molecular formula is C11H20N2O. The van der Waals surface area contributed by atoms with Crippen molar-refractivity contribution in [2.75, 3.05) is 19.8 Å². The van der Waals surface area contributed by atoms with E-state index in [1.807, 2.05) is 0 Å². The summed E-state index contributed by atoms with van der Waals surface area (Å²) in [5.41, 5.74) is 6.29. The molecule has 3 nitrogen and oxygen atoms in total. The van der Waals surface area contributed by atoms with Crippen molar-refractivity contribution in [3.05, 3.63) is 0 Å². The Morgan fingerprint density at radius 2 is 1.86 bits per heavy atom. The molecule has 0 amide bonds. The molecule has 0 radical (unpaired) electrons. The highest BCUT2D eigenvalue weighted by Crippen LogP contribution is 2.38. The molecule has 1 atom stereocenters. The van der Waals surface area contributed by atoms with Crippen LogP contribution < -0.4 is 5.73 Å². The Balaban J connectivity index is 1.67. The van der Waals surface area contributed by atoms with Crippen LogP contribution >= 0.6 is 0 Å². The molecule has 3 rings (SSSR count). The highest BCUT2D eigenvalue weighted by atomic mass is 16.5. The second-order valence-corrected chi connectivity index (χ2v) is 5.30. The zero-order valence-electron chi connectivity index (χ0n) is 8.74. The van der Waals surface area contributed by atoms with E-state index in [0.29, 0.717) is 0 Å². The summed E-state index contributed by atoms with van der Waals surface area (Å²) in [7, 11) is 0. The monoisotopic (exact) mass is 196 g/mol. The van der Waals surface area contributed by atoms with Crippen LogP contribution in [-0.4, -0.2) is 42.3 Å². The normalized spacial score (nSPS) is 47.8. The summed E-state index contributed by atoms with van der Waals surface area (Å²) in [6, 6.07) is 1.70. The summed E-state index contributed by atoms with van der Waals surface area (Å²) in [5.74, 6) is 0. The van der Waals surface area contributed by atoms with E-state index in [1.165, 1.54) is 25.7 Å². The number of nitrogens with zero attached hydrogens (tertiary/aromatic N) is 1. The standard InChI is InChI=1S/C11H20N2O/c12-11(5-6-14-8-11)7-13-9-1-2-10(13)4-3-9/h9-10H,1-8,12H2. The molecule has 14 heavy (non-hydrogen) atoms. The Morgan fingerprint density at radius 1 is 1.21 bits per heavy atom. The molecule has 3 heteroatoms. The van der Waals surface area contributed by atoms with Gasteiger partial charge in [-0.2, -0.15) is 0 Å². The van der Waals surface area contributed by atoms with Gasteiger partial charge in [0.2, 0.25) is 0 Å². The minimum absolute atomic E-state index is 0.0365. The van der Waals surface area contributed by atoms with Gasteiger partial charge in [0.15, 0.2) is 0 Å². The van der Waals surface area contributed by atoms with Gasteiger partial charge in [0, 0.05) is 25.2 Å². The quantitative estimate of drug-likeness (QED) is 0.707. The summed E-state index contributed by atoms with van der Waals surface area (Å²) in [4.78, 5) is 2.66. The Kier molecular flexibility index (Phi) is 2.08. The van der Waals surface area contributed by atoms with Crippen LogP contribution in [0.2, 0.25) is 0 Å². The zero-order chi connectivity index (χ0) is 9.60. The average molecular weight is 196 g/mol. The van der Waals surface area contributed by atoms with Gasteiger partial charge in [0.05, 0.1) is 12.1 Å². The van der Waals surface area contributed by atoms with E-state index in [2.05, 4.69) is 4.90 Å². The third-order valence-electron chi connectivity index (χ3n) is 4.24. The maximum atomic E-state index is 6.32. The Bertz CT molecular complexity index is 205. The van der Waals surface area contributed by atoms with Gasteiger partial charge >= 0.3 is 0 Å². The molecule has 2 N–H and O–H groups in total. The van der Waals surface area contributed by atoms with Crippen LogP contribution in [0.4, 0.5) is 0 Å². The molecule has 1 unspecified atom stereocenters. The van der Waals surface area contributed by atoms with E-state index in [1.54, 1.807) is 0 Å². The van der Waals surface area contributed by atoms with Crippen molar-refractivity contribution in [1.82, 2.24) is 4.90 Å². The summed E-state index contributed by atoms with van der Waals surface area (Å²) in [6.45, 7) is 2.70. The molecular weight excluding hydrogens is 176 g/mol. The third kappa shape index (κ3) is 1.38. The van der Waals surface area contributed by atoms with Crippen LogP contribution in [0.3, 0.4) is 0 Å². The number of ether oxygens (including phenoxy) is 1. The lowest BCUT2D eigenvalue weighted by Crippen LogP contribution is -2.52. The Hall–Kier alpha value is -0.120. The van der Waals surface area contributed by atoms with Crippen molar-refractivity contribution in [2.45, 2.75) is 49.7 Å². The van der Waals surface area contributed by atoms with Gasteiger partial charge in [-0.1, -0.05) is 0 Å². The molecule has 3 fully saturated rings. The lowest BCUT2D eigenvalue weighted by Gasteiger charge is -2.31. The van der Waals surface area contributed by atoms with Gasteiger partial charge in [0.25, 0.3) is 0 Å². The van der Waals surface area contributed by atoms with Crippen molar-refractivity contribution in [3.63, 3.8) is 0 Å². The zero-order valence-corrected chi connectivity index (χ0v) is 8.74. The first kappa shape index (κ1) is 9.13. The summed E-state index contributed by atoms with van der Waals surface area (Å²) in [5, 5.41) is 0. The molecule has 0 saturated carbocycles. The molecule has 80 valence electrons. The molecule has 3 aliphatic rings. The van der Waals surface area contributed by atoms with Gasteiger partial charge in [0.1, 0.15) is 0 Å². The van der Waals surface area contributed by atoms with Crippen LogP contribution in [0.1, 0.15) is 32.1 Å². The molecule has 0 aliphatic carbocycles. The van der Waals surface area contributed by atoms with E-state index in [9.17, 15) is 0 Å². The van der Waals surface area contributed by atoms with Crippen LogP contribution in [0.25, 0.3) is 0 Å². The number of fused-ring (bicyclic) bond motifs is 2. The first-order chi connectivity index (χ1) is 6.77. The molecule has 3 heterocycles. The van der Waals surface area contributed by atoms with E-state index in [-0.39, 0.29) is 5.54 Å². The van der Waals surface area contributed by atoms with Crippen LogP contribution in [0, 0.1) is 0 Å². The van der Waals surface area contributed by atoms with Gasteiger partial charge < -0.3 is 10.5 Å². The minimum Gasteiger partial charge on any atom is -0.379 e. The van der Waals surface area contributed by atoms with Gasteiger partial charge in [-0.05, 0) is 32.1 Å². The predicted octanol–water partition coefficient (Wildman–Crippen LogP) is 0.731. The Morgan fingerprint density at radius 3 is 2.36 bits per heavy atom. The van der Waals surface area contributed by atoms with E-state index < -0.39 is 0 Å². The molecule has 0 spiro atoms. The fourth-order valence-corrected chi connectivity index (χ4v) is 3.39. The highest BCUT2D eigenvalue weighted by Gasteiger charge is 2.43. The molecule has 0 aromatic rings. The summed E-state index contributed by atoms with van der Waals surface area (Å²) in [6.07, 6.45) is 6.66. The summed E-state index contributed by atoms with van der Waals surface area (Å²) < 4.78 is 5.41. The number of hydrogen-bond donors (Lipinski definition) is 1. The van der Waals surface area contributed by atoms with Gasteiger partial charge in [-0.3, -0.25) is 4.90 Å². The molecule has 2 bridgehead atoms. The van der Waals surface area contributed by atoms with Gasteiger partial charge in [-0.15, -0.1) is 0 Å². The number of rotatable bonds is 2. The highest BCUT2D eigenvalue weighted by molar-refractivity contribution is 5.00. The molecule has 0 aromatic heterocycles. The fraction of sp³-hybridized carbons (Fsp3) is 1.00. The lowest BCUT2D eigenvalue weighted by atomic mass is 9.99. The molecule has 0 aromatic carbocycles. The number of nitrogens with two attached hydrogens (primary N) is 1. The minimum atomic E-state index is -0.0365. The van der Waals surface area contributed by atoms with Crippen molar-refractivity contribution >= 4 is 0 Å². The van der Waals surface area contributed by atoms with Crippen molar-refractivity contribution in [1.29, 1.82) is 0 Å². The van der Waals surface area contributed by atoms with Crippen LogP contribution in [0.15, 0.2) is 0 Å².